The van der Waals surface area contributed by atoms with Gasteiger partial charge < -0.3 is 10.6 Å². The topological polar surface area (TPSA) is 41.1 Å². The highest BCUT2D eigenvalue weighted by Crippen LogP contribution is 2.16. The van der Waals surface area contributed by atoms with Gasteiger partial charge in [0, 0.05) is 12.5 Å². The van der Waals surface area contributed by atoms with Crippen LogP contribution in [-0.4, -0.2) is 24.5 Å². The van der Waals surface area contributed by atoms with E-state index in [2.05, 4.69) is 17.6 Å². The summed E-state index contributed by atoms with van der Waals surface area (Å²) in [6, 6.07) is 0. The molecule has 0 atom stereocenters. The molecule has 2 N–H and O–H groups in total. The molecular weight excluding hydrogens is 140 g/mol. The molecule has 1 amide bonds. The van der Waals surface area contributed by atoms with E-state index in [1.54, 1.807) is 6.92 Å². The second kappa shape index (κ2) is 3.22. The van der Waals surface area contributed by atoms with Crippen molar-refractivity contribution in [3.63, 3.8) is 0 Å². The third-order valence-electron chi connectivity index (χ3n) is 2.18. The van der Waals surface area contributed by atoms with Gasteiger partial charge in [0.1, 0.15) is 0 Å². The number of hydrogen-bond acceptors (Lipinski definition) is 2. The largest absolute Gasteiger partial charge is 0.351 e. The highest BCUT2D eigenvalue weighted by atomic mass is 16.1. The molecule has 0 aromatic rings. The fraction of sp³-hybridized carbons (Fsp3) is 0.875. The van der Waals surface area contributed by atoms with Gasteiger partial charge in [-0.15, -0.1) is 0 Å². The summed E-state index contributed by atoms with van der Waals surface area (Å²) >= 11 is 0. The van der Waals surface area contributed by atoms with Crippen molar-refractivity contribution in [2.24, 2.45) is 0 Å². The van der Waals surface area contributed by atoms with Crippen LogP contribution in [-0.2, 0) is 4.79 Å². The number of nitrogens with one attached hydrogen (secondary N) is 2. The molecule has 11 heavy (non-hydrogen) atoms. The van der Waals surface area contributed by atoms with Crippen LogP contribution in [0.15, 0.2) is 0 Å². The van der Waals surface area contributed by atoms with Gasteiger partial charge in [-0.1, -0.05) is 0 Å². The smallest absolute Gasteiger partial charge is 0.217 e. The maximum atomic E-state index is 10.8. The molecule has 0 spiro atoms. The van der Waals surface area contributed by atoms with Gasteiger partial charge in [-0.25, -0.2) is 0 Å². The molecule has 1 fully saturated rings. The maximum absolute atomic E-state index is 10.8. The van der Waals surface area contributed by atoms with E-state index in [4.69, 9.17) is 0 Å². The van der Waals surface area contributed by atoms with Gasteiger partial charge >= 0.3 is 0 Å². The highest BCUT2D eigenvalue weighted by Gasteiger charge is 2.26. The van der Waals surface area contributed by atoms with Crippen LogP contribution >= 0.6 is 0 Å². The Hall–Kier alpha value is -0.570. The first-order valence-corrected chi connectivity index (χ1v) is 4.12. The minimum atomic E-state index is 0.0388. The minimum Gasteiger partial charge on any atom is -0.351 e. The molecule has 64 valence electrons. The molecule has 0 aromatic heterocycles. The van der Waals surface area contributed by atoms with Crippen molar-refractivity contribution < 1.29 is 4.79 Å². The Balaban J connectivity index is 2.43. The van der Waals surface area contributed by atoms with Gasteiger partial charge in [-0.05, 0) is 32.9 Å². The van der Waals surface area contributed by atoms with E-state index < -0.39 is 0 Å². The lowest BCUT2D eigenvalue weighted by atomic mass is 9.91. The van der Waals surface area contributed by atoms with E-state index in [0.29, 0.717) is 0 Å². The molecular formula is C8H16N2O. The molecule has 1 aliphatic heterocycles. The second-order valence-electron chi connectivity index (χ2n) is 3.49. The van der Waals surface area contributed by atoms with Crippen LogP contribution in [0.4, 0.5) is 0 Å². The third-order valence-corrected chi connectivity index (χ3v) is 2.18. The van der Waals surface area contributed by atoms with Crippen molar-refractivity contribution in [1.82, 2.24) is 10.6 Å². The van der Waals surface area contributed by atoms with E-state index in [-0.39, 0.29) is 11.4 Å². The fourth-order valence-electron chi connectivity index (χ4n) is 1.53. The molecule has 0 unspecified atom stereocenters. The Labute approximate surface area is 67.5 Å². The van der Waals surface area contributed by atoms with Crippen molar-refractivity contribution in [3.8, 4) is 0 Å². The van der Waals surface area contributed by atoms with Crippen molar-refractivity contribution in [2.45, 2.75) is 32.2 Å². The lowest BCUT2D eigenvalue weighted by molar-refractivity contribution is -0.121. The van der Waals surface area contributed by atoms with Crippen molar-refractivity contribution in [3.05, 3.63) is 0 Å². The second-order valence-corrected chi connectivity index (χ2v) is 3.49. The summed E-state index contributed by atoms with van der Waals surface area (Å²) in [7, 11) is 0. The summed E-state index contributed by atoms with van der Waals surface area (Å²) in [5, 5.41) is 6.24. The van der Waals surface area contributed by atoms with Crippen molar-refractivity contribution in [1.29, 1.82) is 0 Å². The van der Waals surface area contributed by atoms with Gasteiger partial charge in [0.15, 0.2) is 0 Å². The molecule has 1 rings (SSSR count). The fourth-order valence-corrected chi connectivity index (χ4v) is 1.53. The van der Waals surface area contributed by atoms with E-state index in [1.165, 1.54) is 0 Å². The Kier molecular flexibility index (Phi) is 2.49. The summed E-state index contributed by atoms with van der Waals surface area (Å²) in [5.41, 5.74) is 0.0388. The predicted octanol–water partition coefficient (Wildman–Crippen LogP) is 0.265. The zero-order valence-electron chi connectivity index (χ0n) is 7.24. The van der Waals surface area contributed by atoms with Crippen LogP contribution in [0.25, 0.3) is 0 Å². The molecule has 3 nitrogen and oxygen atoms in total. The Morgan fingerprint density at radius 2 is 2.00 bits per heavy atom. The van der Waals surface area contributed by atoms with Crippen LogP contribution in [0.1, 0.15) is 26.7 Å². The van der Waals surface area contributed by atoms with Crippen LogP contribution in [0, 0.1) is 0 Å². The summed E-state index contributed by atoms with van der Waals surface area (Å²) < 4.78 is 0. The van der Waals surface area contributed by atoms with E-state index in [1.807, 2.05) is 0 Å². The van der Waals surface area contributed by atoms with E-state index in [9.17, 15) is 4.79 Å². The standard InChI is InChI=1S/C8H16N2O/c1-7(11)10-8(2)3-5-9-6-4-8/h9H,3-6H2,1-2H3,(H,10,11). The Morgan fingerprint density at radius 3 is 2.45 bits per heavy atom. The van der Waals surface area contributed by atoms with Gasteiger partial charge in [0.2, 0.25) is 5.91 Å². The minimum absolute atomic E-state index is 0.0388. The summed E-state index contributed by atoms with van der Waals surface area (Å²) in [5.74, 6) is 0.0781. The monoisotopic (exact) mass is 156 g/mol. The first-order valence-electron chi connectivity index (χ1n) is 4.12. The number of carbonyl (C=O) groups is 1. The van der Waals surface area contributed by atoms with Gasteiger partial charge in [-0.2, -0.15) is 0 Å². The van der Waals surface area contributed by atoms with E-state index in [0.717, 1.165) is 25.9 Å². The Bertz CT molecular complexity index is 150. The molecule has 1 heterocycles. The number of hydrogen-bond donors (Lipinski definition) is 2. The quantitative estimate of drug-likeness (QED) is 0.572. The van der Waals surface area contributed by atoms with Crippen LogP contribution in [0.2, 0.25) is 0 Å². The number of carbonyl (C=O) groups excluding carboxylic acids is 1. The molecule has 0 radical (unpaired) electrons. The van der Waals surface area contributed by atoms with E-state index >= 15 is 0 Å². The number of piperidine rings is 1. The SMILES string of the molecule is CC(=O)NC1(C)CCNCC1. The predicted molar refractivity (Wildman–Crippen MR) is 44.3 cm³/mol. The molecule has 0 bridgehead atoms. The van der Waals surface area contributed by atoms with Crippen LogP contribution < -0.4 is 10.6 Å². The summed E-state index contributed by atoms with van der Waals surface area (Å²) in [6.45, 7) is 5.70. The zero-order valence-corrected chi connectivity index (χ0v) is 7.24. The van der Waals surface area contributed by atoms with Crippen molar-refractivity contribution >= 4 is 5.91 Å². The first-order chi connectivity index (χ1) is 5.12. The molecule has 1 aliphatic rings. The molecule has 0 saturated carbocycles. The molecule has 3 heteroatoms. The first kappa shape index (κ1) is 8.53. The average Bonchev–Trinajstić information content (AvgIpc) is 1.85. The normalized spacial score (nSPS) is 22.7. The number of rotatable bonds is 1. The highest BCUT2D eigenvalue weighted by molar-refractivity contribution is 5.73. The van der Waals surface area contributed by atoms with Gasteiger partial charge in [0.05, 0.1) is 0 Å². The van der Waals surface area contributed by atoms with Crippen LogP contribution in [0.5, 0.6) is 0 Å². The molecule has 0 aliphatic carbocycles. The van der Waals surface area contributed by atoms with Gasteiger partial charge in [0.25, 0.3) is 0 Å². The lowest BCUT2D eigenvalue weighted by Crippen LogP contribution is -2.51. The van der Waals surface area contributed by atoms with Gasteiger partial charge in [-0.3, -0.25) is 4.79 Å². The molecule has 1 saturated heterocycles. The van der Waals surface area contributed by atoms with Crippen molar-refractivity contribution in [2.75, 3.05) is 13.1 Å². The lowest BCUT2D eigenvalue weighted by Gasteiger charge is -2.34. The summed E-state index contributed by atoms with van der Waals surface area (Å²) in [4.78, 5) is 10.8. The number of amides is 1. The summed E-state index contributed by atoms with van der Waals surface area (Å²) in [6.07, 6.45) is 2.07. The maximum Gasteiger partial charge on any atom is 0.217 e. The zero-order chi connectivity index (χ0) is 8.32. The third kappa shape index (κ3) is 2.50. The average molecular weight is 156 g/mol. The molecule has 0 aromatic carbocycles. The Morgan fingerprint density at radius 1 is 1.45 bits per heavy atom. The van der Waals surface area contributed by atoms with Crippen LogP contribution in [0.3, 0.4) is 0 Å².